The number of aryl methyl sites for hydroxylation is 2. The number of rotatable bonds is 3. The lowest BCUT2D eigenvalue weighted by Gasteiger charge is -2.06. The van der Waals surface area contributed by atoms with E-state index in [1.54, 1.807) is 0 Å². The van der Waals surface area contributed by atoms with Crippen LogP contribution in [0.3, 0.4) is 0 Å². The second kappa shape index (κ2) is 4.83. The fraction of sp³-hybridized carbons (Fsp3) is 0.286. The number of fused-ring (bicyclic) bond motifs is 1. The number of nitrogen functional groups attached to an aromatic ring is 1. The zero-order chi connectivity index (χ0) is 14.3. The van der Waals surface area contributed by atoms with Crippen molar-refractivity contribution in [3.05, 3.63) is 35.0 Å². The summed E-state index contributed by atoms with van der Waals surface area (Å²) in [5.41, 5.74) is 9.79. The van der Waals surface area contributed by atoms with Gasteiger partial charge in [-0.1, -0.05) is 24.9 Å². The third kappa shape index (κ3) is 1.94. The van der Waals surface area contributed by atoms with E-state index in [-0.39, 0.29) is 0 Å². The number of nitrogens with two attached hydrogens (primary N) is 1. The Balaban J connectivity index is 2.25. The van der Waals surface area contributed by atoms with E-state index in [0.29, 0.717) is 11.0 Å². The van der Waals surface area contributed by atoms with E-state index in [1.165, 1.54) is 0 Å². The number of imidazole rings is 1. The predicted molar refractivity (Wildman–Crippen MR) is 81.3 cm³/mol. The third-order valence-electron chi connectivity index (χ3n) is 3.30. The van der Waals surface area contributed by atoms with Crippen LogP contribution in [0.5, 0.6) is 0 Å². The molecule has 104 valence electrons. The summed E-state index contributed by atoms with van der Waals surface area (Å²) < 4.78 is 3.73. The van der Waals surface area contributed by atoms with Crippen LogP contribution in [0, 0.1) is 0 Å². The van der Waals surface area contributed by atoms with Crippen LogP contribution in [0.1, 0.15) is 19.0 Å². The fourth-order valence-electron chi connectivity index (χ4n) is 2.45. The van der Waals surface area contributed by atoms with Gasteiger partial charge in [-0.25, -0.2) is 9.67 Å². The molecule has 0 spiro atoms. The summed E-state index contributed by atoms with van der Waals surface area (Å²) in [5.74, 6) is 0.465. The Morgan fingerprint density at radius 2 is 1.95 bits per heavy atom. The summed E-state index contributed by atoms with van der Waals surface area (Å²) in [6.45, 7) is 2.13. The zero-order valence-electron chi connectivity index (χ0n) is 11.5. The Kier molecular flexibility index (Phi) is 3.14. The minimum atomic E-state index is 0.465. The SMILES string of the molecule is CCCc1nn(C)c2c1nc(N)n2-c1ccc(Cl)cc1. The van der Waals surface area contributed by atoms with Crippen molar-refractivity contribution in [2.45, 2.75) is 19.8 Å². The molecule has 20 heavy (non-hydrogen) atoms. The molecule has 0 fully saturated rings. The molecule has 0 bridgehead atoms. The van der Waals surface area contributed by atoms with Gasteiger partial charge in [-0.2, -0.15) is 5.10 Å². The highest BCUT2D eigenvalue weighted by molar-refractivity contribution is 6.30. The topological polar surface area (TPSA) is 61.7 Å². The van der Waals surface area contributed by atoms with Gasteiger partial charge in [0.05, 0.1) is 11.4 Å². The number of hydrogen-bond acceptors (Lipinski definition) is 3. The van der Waals surface area contributed by atoms with E-state index in [1.807, 2.05) is 40.6 Å². The van der Waals surface area contributed by atoms with Crippen molar-refractivity contribution < 1.29 is 0 Å². The maximum Gasteiger partial charge on any atom is 0.207 e. The Bertz CT molecular complexity index is 754. The first-order valence-electron chi connectivity index (χ1n) is 6.57. The van der Waals surface area contributed by atoms with Gasteiger partial charge in [-0.15, -0.1) is 0 Å². The largest absolute Gasteiger partial charge is 0.369 e. The highest BCUT2D eigenvalue weighted by Gasteiger charge is 2.18. The second-order valence-electron chi connectivity index (χ2n) is 4.77. The first-order valence-corrected chi connectivity index (χ1v) is 6.95. The summed E-state index contributed by atoms with van der Waals surface area (Å²) in [4.78, 5) is 4.48. The lowest BCUT2D eigenvalue weighted by atomic mass is 10.2. The maximum atomic E-state index is 6.08. The molecule has 3 rings (SSSR count). The van der Waals surface area contributed by atoms with E-state index in [2.05, 4.69) is 17.0 Å². The maximum absolute atomic E-state index is 6.08. The molecule has 0 saturated carbocycles. The normalized spacial score (nSPS) is 11.3. The average Bonchev–Trinajstić information content (AvgIpc) is 2.90. The van der Waals surface area contributed by atoms with Crippen LogP contribution >= 0.6 is 11.6 Å². The Morgan fingerprint density at radius 1 is 1.25 bits per heavy atom. The molecule has 5 nitrogen and oxygen atoms in total. The molecule has 6 heteroatoms. The molecule has 0 unspecified atom stereocenters. The summed E-state index contributed by atoms with van der Waals surface area (Å²) >= 11 is 5.93. The summed E-state index contributed by atoms with van der Waals surface area (Å²) in [6.07, 6.45) is 1.92. The van der Waals surface area contributed by atoms with E-state index in [4.69, 9.17) is 17.3 Å². The van der Waals surface area contributed by atoms with E-state index in [0.717, 1.165) is 35.4 Å². The number of benzene rings is 1. The van der Waals surface area contributed by atoms with E-state index in [9.17, 15) is 0 Å². The monoisotopic (exact) mass is 289 g/mol. The molecular weight excluding hydrogens is 274 g/mol. The predicted octanol–water partition coefficient (Wildman–Crippen LogP) is 2.95. The molecule has 0 aliphatic carbocycles. The molecule has 2 aromatic heterocycles. The number of aromatic nitrogens is 4. The molecule has 1 aromatic carbocycles. The molecule has 0 amide bonds. The van der Waals surface area contributed by atoms with Gasteiger partial charge in [0.25, 0.3) is 0 Å². The molecule has 3 aromatic rings. The Hall–Kier alpha value is -2.01. The van der Waals surface area contributed by atoms with Gasteiger partial charge in [0.15, 0.2) is 5.65 Å². The van der Waals surface area contributed by atoms with Crippen molar-refractivity contribution in [2.75, 3.05) is 5.73 Å². The zero-order valence-corrected chi connectivity index (χ0v) is 12.2. The lowest BCUT2D eigenvalue weighted by molar-refractivity contribution is 0.738. The number of nitrogens with zero attached hydrogens (tertiary/aromatic N) is 4. The molecule has 0 aliphatic heterocycles. The van der Waals surface area contributed by atoms with Crippen molar-refractivity contribution in [1.82, 2.24) is 19.3 Å². The Morgan fingerprint density at radius 3 is 2.60 bits per heavy atom. The van der Waals surface area contributed by atoms with Crippen LogP contribution in [-0.2, 0) is 13.5 Å². The van der Waals surface area contributed by atoms with Crippen LogP contribution in [0.2, 0.25) is 5.02 Å². The molecule has 2 heterocycles. The first-order chi connectivity index (χ1) is 9.61. The second-order valence-corrected chi connectivity index (χ2v) is 5.21. The standard InChI is InChI=1S/C14H16ClN5/c1-3-4-11-12-13(19(2)18-11)20(14(16)17-12)10-7-5-9(15)6-8-10/h5-8H,3-4H2,1-2H3,(H2,16,17). The first kappa shape index (κ1) is 13.0. The molecule has 0 radical (unpaired) electrons. The van der Waals surface area contributed by atoms with Crippen molar-refractivity contribution in [1.29, 1.82) is 0 Å². The summed E-state index contributed by atoms with van der Waals surface area (Å²) in [5, 5.41) is 5.23. The highest BCUT2D eigenvalue weighted by atomic mass is 35.5. The van der Waals surface area contributed by atoms with Crippen LogP contribution < -0.4 is 5.73 Å². The third-order valence-corrected chi connectivity index (χ3v) is 3.55. The minimum absolute atomic E-state index is 0.465. The van der Waals surface area contributed by atoms with Gasteiger partial charge in [-0.05, 0) is 30.7 Å². The van der Waals surface area contributed by atoms with Crippen LogP contribution in [0.15, 0.2) is 24.3 Å². The van der Waals surface area contributed by atoms with Gasteiger partial charge >= 0.3 is 0 Å². The molecular formula is C14H16ClN5. The van der Waals surface area contributed by atoms with Crippen LogP contribution in [0.25, 0.3) is 16.9 Å². The van der Waals surface area contributed by atoms with E-state index < -0.39 is 0 Å². The van der Waals surface area contributed by atoms with Gasteiger partial charge < -0.3 is 5.73 Å². The Labute approximate surface area is 122 Å². The molecule has 0 atom stereocenters. The summed E-state index contributed by atoms with van der Waals surface area (Å²) in [7, 11) is 1.91. The van der Waals surface area contributed by atoms with E-state index >= 15 is 0 Å². The van der Waals surface area contributed by atoms with Crippen molar-refractivity contribution in [3.63, 3.8) is 0 Å². The molecule has 0 aliphatic rings. The quantitative estimate of drug-likeness (QED) is 0.806. The van der Waals surface area contributed by atoms with Gasteiger partial charge in [-0.3, -0.25) is 4.57 Å². The fourth-order valence-corrected chi connectivity index (χ4v) is 2.57. The lowest BCUT2D eigenvalue weighted by Crippen LogP contribution is -2.04. The van der Waals surface area contributed by atoms with Crippen molar-refractivity contribution in [2.24, 2.45) is 7.05 Å². The van der Waals surface area contributed by atoms with Gasteiger partial charge in [0.2, 0.25) is 5.95 Å². The van der Waals surface area contributed by atoms with Gasteiger partial charge in [0.1, 0.15) is 5.52 Å². The number of hydrogen-bond donors (Lipinski definition) is 1. The molecule has 0 saturated heterocycles. The van der Waals surface area contributed by atoms with Crippen molar-refractivity contribution in [3.8, 4) is 5.69 Å². The minimum Gasteiger partial charge on any atom is -0.369 e. The smallest absolute Gasteiger partial charge is 0.207 e. The molecule has 2 N–H and O–H groups in total. The summed E-state index contributed by atoms with van der Waals surface area (Å²) in [6, 6.07) is 7.52. The van der Waals surface area contributed by atoms with Crippen molar-refractivity contribution >= 4 is 28.7 Å². The van der Waals surface area contributed by atoms with Gasteiger partial charge in [0, 0.05) is 12.1 Å². The number of anilines is 1. The van der Waals surface area contributed by atoms with Crippen LogP contribution in [-0.4, -0.2) is 19.3 Å². The highest BCUT2D eigenvalue weighted by Crippen LogP contribution is 2.26. The van der Waals surface area contributed by atoms with Crippen LogP contribution in [0.4, 0.5) is 5.95 Å². The average molecular weight is 290 g/mol. The number of halogens is 1.